The summed E-state index contributed by atoms with van der Waals surface area (Å²) >= 11 is 0. The molecular formula is C17H18F2N2O3. The third-order valence-corrected chi connectivity index (χ3v) is 4.36. The fraction of sp³-hybridized carbons (Fsp3) is 0.412. The van der Waals surface area contributed by atoms with E-state index >= 15 is 0 Å². The minimum atomic E-state index is -1.42. The first-order valence-corrected chi connectivity index (χ1v) is 7.88. The molecule has 0 bridgehead atoms. The zero-order valence-electron chi connectivity index (χ0n) is 13.0. The molecular weight excluding hydrogens is 318 g/mol. The summed E-state index contributed by atoms with van der Waals surface area (Å²) in [4.78, 5) is 24.2. The number of hydrogen-bond donors (Lipinski definition) is 2. The second-order valence-corrected chi connectivity index (χ2v) is 6.24. The van der Waals surface area contributed by atoms with E-state index in [-0.39, 0.29) is 29.0 Å². The van der Waals surface area contributed by atoms with Gasteiger partial charge < -0.3 is 15.5 Å². The molecule has 1 aromatic heterocycles. The summed E-state index contributed by atoms with van der Waals surface area (Å²) < 4.78 is 33.2. The van der Waals surface area contributed by atoms with E-state index in [0.29, 0.717) is 12.8 Å². The summed E-state index contributed by atoms with van der Waals surface area (Å²) in [5.41, 5.74) is 3.50. The van der Waals surface area contributed by atoms with Crippen LogP contribution in [-0.4, -0.2) is 18.1 Å². The van der Waals surface area contributed by atoms with Crippen molar-refractivity contribution in [3.8, 4) is 0 Å². The molecule has 3 rings (SSSR count). The molecule has 1 heterocycles. The standard InChI is InChI=1S/C17H18F2N2O3/c18-10-6-11-13(22)8-14(24-15(11)12(20)7-10)16(23)21-9-17(19)4-2-1-3-5-17/h6-8H,1-5,9,20H2,(H,21,23). The molecule has 128 valence electrons. The predicted molar refractivity (Wildman–Crippen MR) is 86.1 cm³/mol. The number of hydrogen-bond acceptors (Lipinski definition) is 4. The highest BCUT2D eigenvalue weighted by atomic mass is 19.1. The van der Waals surface area contributed by atoms with E-state index in [1.165, 1.54) is 0 Å². The van der Waals surface area contributed by atoms with E-state index < -0.39 is 22.8 Å². The van der Waals surface area contributed by atoms with E-state index in [1.807, 2.05) is 0 Å². The van der Waals surface area contributed by atoms with Gasteiger partial charge in [0.1, 0.15) is 11.5 Å². The highest BCUT2D eigenvalue weighted by Gasteiger charge is 2.32. The highest BCUT2D eigenvalue weighted by Crippen LogP contribution is 2.31. The Balaban J connectivity index is 1.84. The first-order chi connectivity index (χ1) is 11.4. The van der Waals surface area contributed by atoms with Gasteiger partial charge >= 0.3 is 0 Å². The molecule has 1 amide bonds. The van der Waals surface area contributed by atoms with Gasteiger partial charge in [0, 0.05) is 12.1 Å². The first kappa shape index (κ1) is 16.4. The lowest BCUT2D eigenvalue weighted by atomic mass is 9.86. The molecule has 0 unspecified atom stereocenters. The molecule has 7 heteroatoms. The third kappa shape index (κ3) is 3.25. The maximum atomic E-state index is 14.5. The highest BCUT2D eigenvalue weighted by molar-refractivity contribution is 5.95. The minimum Gasteiger partial charge on any atom is -0.448 e. The fourth-order valence-electron chi connectivity index (χ4n) is 3.05. The zero-order valence-corrected chi connectivity index (χ0v) is 13.0. The molecule has 2 aromatic rings. The van der Waals surface area contributed by atoms with Crippen LogP contribution in [0.1, 0.15) is 42.7 Å². The SMILES string of the molecule is Nc1cc(F)cc2c(=O)cc(C(=O)NCC3(F)CCCCC3)oc12. The Morgan fingerprint density at radius 3 is 2.67 bits per heavy atom. The third-order valence-electron chi connectivity index (χ3n) is 4.36. The topological polar surface area (TPSA) is 85.3 Å². The Morgan fingerprint density at radius 1 is 1.25 bits per heavy atom. The number of nitrogen functional groups attached to an aromatic ring is 1. The molecule has 1 aromatic carbocycles. The molecule has 0 spiro atoms. The average Bonchev–Trinajstić information content (AvgIpc) is 2.54. The molecule has 0 aliphatic heterocycles. The van der Waals surface area contributed by atoms with Crippen LogP contribution in [-0.2, 0) is 0 Å². The Hall–Kier alpha value is -2.44. The molecule has 0 atom stereocenters. The van der Waals surface area contributed by atoms with Crippen molar-refractivity contribution in [3.63, 3.8) is 0 Å². The van der Waals surface area contributed by atoms with Gasteiger partial charge in [0.25, 0.3) is 5.91 Å². The molecule has 0 radical (unpaired) electrons. The van der Waals surface area contributed by atoms with Crippen molar-refractivity contribution in [3.05, 3.63) is 40.0 Å². The van der Waals surface area contributed by atoms with Gasteiger partial charge in [0.15, 0.2) is 16.8 Å². The molecule has 5 nitrogen and oxygen atoms in total. The lowest BCUT2D eigenvalue weighted by Crippen LogP contribution is -2.41. The summed E-state index contributed by atoms with van der Waals surface area (Å²) in [6, 6.07) is 2.96. The summed E-state index contributed by atoms with van der Waals surface area (Å²) in [6.45, 7) is -0.132. The van der Waals surface area contributed by atoms with Crippen LogP contribution in [0.2, 0.25) is 0 Å². The monoisotopic (exact) mass is 336 g/mol. The fourth-order valence-corrected chi connectivity index (χ4v) is 3.05. The van der Waals surface area contributed by atoms with Crippen LogP contribution >= 0.6 is 0 Å². The summed E-state index contributed by atoms with van der Waals surface area (Å²) in [6.07, 6.45) is 3.39. The smallest absolute Gasteiger partial charge is 0.287 e. The number of benzene rings is 1. The van der Waals surface area contributed by atoms with Gasteiger partial charge in [-0.2, -0.15) is 0 Å². The molecule has 1 saturated carbocycles. The number of anilines is 1. The summed E-state index contributed by atoms with van der Waals surface area (Å²) in [5.74, 6) is -1.63. The lowest BCUT2D eigenvalue weighted by molar-refractivity contribution is 0.0792. The second kappa shape index (κ2) is 6.22. The lowest BCUT2D eigenvalue weighted by Gasteiger charge is -2.29. The summed E-state index contributed by atoms with van der Waals surface area (Å²) in [7, 11) is 0. The van der Waals surface area contributed by atoms with Crippen LogP contribution in [0.4, 0.5) is 14.5 Å². The van der Waals surface area contributed by atoms with Crippen LogP contribution in [0.15, 0.2) is 27.4 Å². The van der Waals surface area contributed by atoms with E-state index in [4.69, 9.17) is 10.2 Å². The largest absolute Gasteiger partial charge is 0.448 e. The molecule has 3 N–H and O–H groups in total. The normalized spacial score (nSPS) is 16.9. The maximum absolute atomic E-state index is 14.5. The van der Waals surface area contributed by atoms with Crippen molar-refractivity contribution in [2.24, 2.45) is 0 Å². The van der Waals surface area contributed by atoms with Crippen molar-refractivity contribution in [2.45, 2.75) is 37.8 Å². The number of fused-ring (bicyclic) bond motifs is 1. The van der Waals surface area contributed by atoms with E-state index in [9.17, 15) is 18.4 Å². The van der Waals surface area contributed by atoms with Crippen LogP contribution in [0.25, 0.3) is 11.0 Å². The van der Waals surface area contributed by atoms with Gasteiger partial charge in [-0.3, -0.25) is 9.59 Å². The van der Waals surface area contributed by atoms with Crippen molar-refractivity contribution in [2.75, 3.05) is 12.3 Å². The average molecular weight is 336 g/mol. The number of halogens is 2. The predicted octanol–water partition coefficient (Wildman–Crippen LogP) is 2.92. The molecule has 0 saturated heterocycles. The number of amides is 1. The van der Waals surface area contributed by atoms with Crippen molar-refractivity contribution >= 4 is 22.6 Å². The van der Waals surface area contributed by atoms with Gasteiger partial charge in [-0.05, 0) is 18.9 Å². The van der Waals surface area contributed by atoms with Gasteiger partial charge in [-0.15, -0.1) is 0 Å². The molecule has 1 aliphatic rings. The first-order valence-electron chi connectivity index (χ1n) is 7.88. The molecule has 24 heavy (non-hydrogen) atoms. The zero-order chi connectivity index (χ0) is 17.3. The number of carbonyl (C=O) groups is 1. The van der Waals surface area contributed by atoms with Crippen LogP contribution in [0.3, 0.4) is 0 Å². The van der Waals surface area contributed by atoms with Crippen molar-refractivity contribution < 1.29 is 18.0 Å². The van der Waals surface area contributed by atoms with Crippen LogP contribution < -0.4 is 16.5 Å². The number of rotatable bonds is 3. The Bertz CT molecular complexity index is 842. The van der Waals surface area contributed by atoms with Gasteiger partial charge in [-0.1, -0.05) is 19.3 Å². The maximum Gasteiger partial charge on any atom is 0.287 e. The quantitative estimate of drug-likeness (QED) is 0.844. The molecule has 1 aliphatic carbocycles. The van der Waals surface area contributed by atoms with Gasteiger partial charge in [-0.25, -0.2) is 8.78 Å². The van der Waals surface area contributed by atoms with E-state index in [0.717, 1.165) is 37.5 Å². The Morgan fingerprint density at radius 2 is 1.96 bits per heavy atom. The van der Waals surface area contributed by atoms with Gasteiger partial charge in [0.05, 0.1) is 17.6 Å². The number of nitrogens with two attached hydrogens (primary N) is 1. The van der Waals surface area contributed by atoms with E-state index in [2.05, 4.69) is 5.32 Å². The Kier molecular flexibility index (Phi) is 4.26. The van der Waals surface area contributed by atoms with Gasteiger partial charge in [0.2, 0.25) is 0 Å². The number of carbonyl (C=O) groups excluding carboxylic acids is 1. The number of alkyl halides is 1. The van der Waals surface area contributed by atoms with E-state index in [1.54, 1.807) is 0 Å². The molecule has 1 fully saturated rings. The van der Waals surface area contributed by atoms with Crippen LogP contribution in [0.5, 0.6) is 0 Å². The second-order valence-electron chi connectivity index (χ2n) is 6.24. The number of nitrogens with one attached hydrogen (secondary N) is 1. The Labute approximate surface area is 136 Å². The van der Waals surface area contributed by atoms with Crippen molar-refractivity contribution in [1.82, 2.24) is 5.32 Å². The van der Waals surface area contributed by atoms with Crippen LogP contribution in [0, 0.1) is 5.82 Å². The minimum absolute atomic E-state index is 0.0432. The van der Waals surface area contributed by atoms with Crippen molar-refractivity contribution in [1.29, 1.82) is 0 Å². The summed E-state index contributed by atoms with van der Waals surface area (Å²) in [5, 5.41) is 2.43.